The molecule has 1 aromatic rings. The lowest BCUT2D eigenvalue weighted by Crippen LogP contribution is -2.28. The molecule has 0 bridgehead atoms. The van der Waals surface area contributed by atoms with Crippen LogP contribution in [0.1, 0.15) is 29.6 Å². The number of aryl methyl sites for hydroxylation is 1. The van der Waals surface area contributed by atoms with Gasteiger partial charge >= 0.3 is 0 Å². The second-order valence-corrected chi connectivity index (χ2v) is 4.69. The Kier molecular flexibility index (Phi) is 4.58. The first-order valence-corrected chi connectivity index (χ1v) is 5.85. The van der Waals surface area contributed by atoms with Crippen LogP contribution in [0.4, 0.5) is 0 Å². The quantitative estimate of drug-likeness (QED) is 0.812. The number of nitrogens with one attached hydrogen (secondary N) is 1. The van der Waals surface area contributed by atoms with E-state index in [2.05, 4.69) is 31.3 Å². The lowest BCUT2D eigenvalue weighted by Gasteiger charge is -2.22. The SMILES string of the molecule is CCOC(C)C(NC)c1ccc(C)s1. The van der Waals surface area contributed by atoms with Crippen molar-refractivity contribution in [2.24, 2.45) is 0 Å². The van der Waals surface area contributed by atoms with Gasteiger partial charge in [-0.2, -0.15) is 0 Å². The summed E-state index contributed by atoms with van der Waals surface area (Å²) in [5, 5.41) is 3.30. The molecular weight excluding hydrogens is 194 g/mol. The van der Waals surface area contributed by atoms with E-state index in [0.29, 0.717) is 6.04 Å². The highest BCUT2D eigenvalue weighted by Gasteiger charge is 2.18. The maximum atomic E-state index is 5.60. The smallest absolute Gasteiger partial charge is 0.0749 e. The van der Waals surface area contributed by atoms with E-state index in [-0.39, 0.29) is 6.10 Å². The molecule has 0 radical (unpaired) electrons. The van der Waals surface area contributed by atoms with Gasteiger partial charge in [-0.05, 0) is 40.0 Å². The molecule has 0 saturated heterocycles. The third kappa shape index (κ3) is 2.80. The Labute approximate surface area is 90.3 Å². The van der Waals surface area contributed by atoms with Crippen LogP contribution in [0.2, 0.25) is 0 Å². The number of thiophene rings is 1. The van der Waals surface area contributed by atoms with Crippen molar-refractivity contribution in [2.75, 3.05) is 13.7 Å². The van der Waals surface area contributed by atoms with Gasteiger partial charge in [-0.3, -0.25) is 0 Å². The van der Waals surface area contributed by atoms with Crippen LogP contribution in [0.3, 0.4) is 0 Å². The molecule has 2 nitrogen and oxygen atoms in total. The average molecular weight is 213 g/mol. The Morgan fingerprint density at radius 2 is 2.21 bits per heavy atom. The van der Waals surface area contributed by atoms with Crippen molar-refractivity contribution in [1.82, 2.24) is 5.32 Å². The first-order chi connectivity index (χ1) is 6.69. The topological polar surface area (TPSA) is 21.3 Å². The minimum atomic E-state index is 0.225. The number of hydrogen-bond donors (Lipinski definition) is 1. The molecule has 1 N–H and O–H groups in total. The maximum Gasteiger partial charge on any atom is 0.0749 e. The zero-order valence-electron chi connectivity index (χ0n) is 9.33. The van der Waals surface area contributed by atoms with Crippen molar-refractivity contribution in [3.8, 4) is 0 Å². The summed E-state index contributed by atoms with van der Waals surface area (Å²) >= 11 is 1.83. The van der Waals surface area contributed by atoms with Gasteiger partial charge < -0.3 is 10.1 Å². The maximum absolute atomic E-state index is 5.60. The summed E-state index contributed by atoms with van der Waals surface area (Å²) in [5.41, 5.74) is 0. The van der Waals surface area contributed by atoms with Gasteiger partial charge in [0.2, 0.25) is 0 Å². The molecule has 14 heavy (non-hydrogen) atoms. The van der Waals surface area contributed by atoms with Crippen LogP contribution in [0.15, 0.2) is 12.1 Å². The molecular formula is C11H19NOS. The fourth-order valence-corrected chi connectivity index (χ4v) is 2.67. The normalized spacial score (nSPS) is 15.4. The fraction of sp³-hybridized carbons (Fsp3) is 0.636. The van der Waals surface area contributed by atoms with Crippen molar-refractivity contribution >= 4 is 11.3 Å². The molecule has 0 spiro atoms. The Balaban J connectivity index is 2.71. The van der Waals surface area contributed by atoms with Gasteiger partial charge in [0.15, 0.2) is 0 Å². The van der Waals surface area contributed by atoms with E-state index in [4.69, 9.17) is 4.74 Å². The zero-order chi connectivity index (χ0) is 10.6. The van der Waals surface area contributed by atoms with Gasteiger partial charge in [-0.25, -0.2) is 0 Å². The van der Waals surface area contributed by atoms with Crippen molar-refractivity contribution in [3.63, 3.8) is 0 Å². The van der Waals surface area contributed by atoms with Crippen molar-refractivity contribution in [1.29, 1.82) is 0 Å². The summed E-state index contributed by atoms with van der Waals surface area (Å²) in [5.74, 6) is 0. The highest BCUT2D eigenvalue weighted by atomic mass is 32.1. The van der Waals surface area contributed by atoms with Crippen LogP contribution in [0, 0.1) is 6.92 Å². The van der Waals surface area contributed by atoms with Gasteiger partial charge in [0.1, 0.15) is 0 Å². The summed E-state index contributed by atoms with van der Waals surface area (Å²) in [6.45, 7) is 7.04. The third-order valence-electron chi connectivity index (χ3n) is 2.28. The van der Waals surface area contributed by atoms with E-state index >= 15 is 0 Å². The zero-order valence-corrected chi connectivity index (χ0v) is 10.1. The average Bonchev–Trinajstić information content (AvgIpc) is 2.54. The summed E-state index contributed by atoms with van der Waals surface area (Å²) in [6.07, 6.45) is 0.225. The van der Waals surface area contributed by atoms with E-state index in [9.17, 15) is 0 Å². The molecule has 0 aromatic carbocycles. The monoisotopic (exact) mass is 213 g/mol. The molecule has 0 amide bonds. The number of likely N-dealkylation sites (N-methyl/N-ethyl adjacent to an activating group) is 1. The van der Waals surface area contributed by atoms with Crippen LogP contribution in [-0.2, 0) is 4.74 Å². The van der Waals surface area contributed by atoms with Crippen molar-refractivity contribution in [2.45, 2.75) is 32.9 Å². The predicted octanol–water partition coefficient (Wildman–Crippen LogP) is 2.74. The predicted molar refractivity (Wildman–Crippen MR) is 61.9 cm³/mol. The molecule has 3 heteroatoms. The lowest BCUT2D eigenvalue weighted by atomic mass is 10.1. The summed E-state index contributed by atoms with van der Waals surface area (Å²) in [6, 6.07) is 4.65. The van der Waals surface area contributed by atoms with Gasteiger partial charge in [-0.15, -0.1) is 11.3 Å². The van der Waals surface area contributed by atoms with E-state index in [1.54, 1.807) is 0 Å². The molecule has 0 saturated carbocycles. The third-order valence-corrected chi connectivity index (χ3v) is 3.36. The fourth-order valence-electron chi connectivity index (χ4n) is 1.59. The van der Waals surface area contributed by atoms with E-state index in [1.165, 1.54) is 9.75 Å². The Morgan fingerprint density at radius 1 is 1.50 bits per heavy atom. The molecule has 1 rings (SSSR count). The summed E-state index contributed by atoms with van der Waals surface area (Å²) in [7, 11) is 1.98. The molecule has 0 aliphatic carbocycles. The van der Waals surface area contributed by atoms with Crippen LogP contribution in [0.25, 0.3) is 0 Å². The standard InChI is InChI=1S/C11H19NOS/c1-5-13-9(3)11(12-4)10-7-6-8(2)14-10/h6-7,9,11-12H,5H2,1-4H3. The number of rotatable bonds is 5. The summed E-state index contributed by atoms with van der Waals surface area (Å²) < 4.78 is 5.60. The van der Waals surface area contributed by atoms with Gasteiger partial charge in [-0.1, -0.05) is 0 Å². The van der Waals surface area contributed by atoms with Crippen LogP contribution in [0.5, 0.6) is 0 Å². The van der Waals surface area contributed by atoms with Crippen LogP contribution < -0.4 is 5.32 Å². The highest BCUT2D eigenvalue weighted by molar-refractivity contribution is 7.12. The minimum absolute atomic E-state index is 0.225. The highest BCUT2D eigenvalue weighted by Crippen LogP contribution is 2.26. The molecule has 2 unspecified atom stereocenters. The molecule has 0 aliphatic heterocycles. The van der Waals surface area contributed by atoms with Gasteiger partial charge in [0, 0.05) is 16.4 Å². The van der Waals surface area contributed by atoms with E-state index in [0.717, 1.165) is 6.61 Å². The van der Waals surface area contributed by atoms with E-state index < -0.39 is 0 Å². The minimum Gasteiger partial charge on any atom is -0.377 e. The Bertz CT molecular complexity index is 272. The second-order valence-electron chi connectivity index (χ2n) is 3.38. The second kappa shape index (κ2) is 5.49. The first-order valence-electron chi connectivity index (χ1n) is 5.04. The molecule has 1 heterocycles. The Morgan fingerprint density at radius 3 is 2.64 bits per heavy atom. The molecule has 80 valence electrons. The first kappa shape index (κ1) is 11.7. The Hall–Kier alpha value is -0.380. The number of hydrogen-bond acceptors (Lipinski definition) is 3. The lowest BCUT2D eigenvalue weighted by molar-refractivity contribution is 0.0502. The molecule has 1 aromatic heterocycles. The largest absolute Gasteiger partial charge is 0.377 e. The van der Waals surface area contributed by atoms with Crippen LogP contribution >= 0.6 is 11.3 Å². The van der Waals surface area contributed by atoms with Crippen LogP contribution in [-0.4, -0.2) is 19.8 Å². The van der Waals surface area contributed by atoms with Gasteiger partial charge in [0.05, 0.1) is 12.1 Å². The van der Waals surface area contributed by atoms with Crippen molar-refractivity contribution < 1.29 is 4.74 Å². The molecule has 0 aliphatic rings. The van der Waals surface area contributed by atoms with E-state index in [1.807, 2.05) is 25.3 Å². The van der Waals surface area contributed by atoms with Gasteiger partial charge in [0.25, 0.3) is 0 Å². The van der Waals surface area contributed by atoms with Crippen molar-refractivity contribution in [3.05, 3.63) is 21.9 Å². The molecule has 2 atom stereocenters. The number of ether oxygens (including phenoxy) is 1. The molecule has 0 fully saturated rings. The summed E-state index contributed by atoms with van der Waals surface area (Å²) in [4.78, 5) is 2.70.